The zero-order chi connectivity index (χ0) is 12.3. The summed E-state index contributed by atoms with van der Waals surface area (Å²) < 4.78 is 0.737. The number of aromatic nitrogens is 1. The molecule has 1 amide bonds. The van der Waals surface area contributed by atoms with E-state index in [4.69, 9.17) is 11.6 Å². The molecule has 0 spiro atoms. The fourth-order valence-electron chi connectivity index (χ4n) is 1.18. The van der Waals surface area contributed by atoms with Crippen molar-refractivity contribution in [1.82, 2.24) is 4.98 Å². The Morgan fingerprint density at radius 1 is 1.59 bits per heavy atom. The predicted octanol–water partition coefficient (Wildman–Crippen LogP) is 3.83. The molecule has 2 heterocycles. The van der Waals surface area contributed by atoms with E-state index >= 15 is 0 Å². The van der Waals surface area contributed by atoms with E-state index in [0.717, 1.165) is 14.9 Å². The molecule has 0 aliphatic heterocycles. The standard InChI is InChI=1S/C10H9ClN2OS3/c1-15-5-9(14)13-10-12-6(4-16-10)7-2-3-8(11)17-7/h2-4H,5H2,1H3,(H,12,13,14). The molecule has 0 fully saturated rings. The van der Waals surface area contributed by atoms with E-state index in [2.05, 4.69) is 10.3 Å². The predicted molar refractivity (Wildman–Crippen MR) is 77.4 cm³/mol. The highest BCUT2D eigenvalue weighted by Crippen LogP contribution is 2.32. The van der Waals surface area contributed by atoms with E-state index in [1.54, 1.807) is 0 Å². The van der Waals surface area contributed by atoms with Gasteiger partial charge in [-0.15, -0.1) is 22.7 Å². The van der Waals surface area contributed by atoms with Crippen LogP contribution in [0.3, 0.4) is 0 Å². The minimum atomic E-state index is -0.0254. The van der Waals surface area contributed by atoms with Gasteiger partial charge < -0.3 is 5.32 Å². The lowest BCUT2D eigenvalue weighted by Crippen LogP contribution is -2.13. The van der Waals surface area contributed by atoms with Crippen molar-refractivity contribution in [2.75, 3.05) is 17.3 Å². The van der Waals surface area contributed by atoms with Gasteiger partial charge in [0.1, 0.15) is 0 Å². The third-order valence-electron chi connectivity index (χ3n) is 1.85. The lowest BCUT2D eigenvalue weighted by molar-refractivity contribution is -0.113. The molecule has 0 saturated heterocycles. The number of hydrogen-bond donors (Lipinski definition) is 1. The molecule has 2 aromatic rings. The maximum atomic E-state index is 11.4. The zero-order valence-corrected chi connectivity index (χ0v) is 12.1. The summed E-state index contributed by atoms with van der Waals surface area (Å²) in [5.74, 6) is 0.419. The van der Waals surface area contributed by atoms with Crippen LogP contribution in [-0.2, 0) is 4.79 Å². The van der Waals surface area contributed by atoms with E-state index in [9.17, 15) is 4.79 Å². The minimum Gasteiger partial charge on any atom is -0.301 e. The summed E-state index contributed by atoms with van der Waals surface area (Å²) in [7, 11) is 0. The van der Waals surface area contributed by atoms with Gasteiger partial charge in [-0.25, -0.2) is 4.98 Å². The second-order valence-electron chi connectivity index (χ2n) is 3.12. The summed E-state index contributed by atoms with van der Waals surface area (Å²) in [4.78, 5) is 16.7. The second kappa shape index (κ2) is 5.86. The summed E-state index contributed by atoms with van der Waals surface area (Å²) in [6.45, 7) is 0. The molecule has 1 N–H and O–H groups in total. The molecule has 0 atom stereocenters. The van der Waals surface area contributed by atoms with Crippen LogP contribution in [0.4, 0.5) is 5.13 Å². The first kappa shape index (κ1) is 12.9. The third-order valence-corrected chi connectivity index (χ3v) is 4.41. The van der Waals surface area contributed by atoms with Crippen molar-refractivity contribution in [3.63, 3.8) is 0 Å². The van der Waals surface area contributed by atoms with Crippen LogP contribution in [0.2, 0.25) is 4.34 Å². The Kier molecular flexibility index (Phi) is 4.44. The topological polar surface area (TPSA) is 42.0 Å². The van der Waals surface area contributed by atoms with Gasteiger partial charge in [0.15, 0.2) is 5.13 Å². The number of halogens is 1. The molecule has 0 aliphatic rings. The van der Waals surface area contributed by atoms with Crippen LogP contribution in [0.25, 0.3) is 10.6 Å². The molecule has 3 nitrogen and oxygen atoms in total. The molecule has 0 aromatic carbocycles. The molecule has 2 rings (SSSR count). The number of thiazole rings is 1. The molecule has 17 heavy (non-hydrogen) atoms. The SMILES string of the molecule is CSCC(=O)Nc1nc(-c2ccc(Cl)s2)cs1. The van der Waals surface area contributed by atoms with Gasteiger partial charge in [-0.05, 0) is 18.4 Å². The summed E-state index contributed by atoms with van der Waals surface area (Å²) in [6.07, 6.45) is 1.89. The first-order valence-corrected chi connectivity index (χ1v) is 8.16. The summed E-state index contributed by atoms with van der Waals surface area (Å²) in [5, 5.41) is 5.30. The lowest BCUT2D eigenvalue weighted by Gasteiger charge is -1.97. The van der Waals surface area contributed by atoms with E-state index in [1.807, 2.05) is 23.8 Å². The Morgan fingerprint density at radius 2 is 2.41 bits per heavy atom. The Bertz CT molecular complexity index is 523. The molecule has 2 aromatic heterocycles. The Labute approximate surface area is 116 Å². The van der Waals surface area contributed by atoms with E-state index in [1.165, 1.54) is 34.4 Å². The summed E-state index contributed by atoms with van der Waals surface area (Å²) in [5.41, 5.74) is 0.853. The number of carbonyl (C=O) groups excluding carboxylic acids is 1. The number of hydrogen-bond acceptors (Lipinski definition) is 5. The number of rotatable bonds is 4. The molecule has 0 bridgehead atoms. The van der Waals surface area contributed by atoms with Gasteiger partial charge in [-0.2, -0.15) is 11.8 Å². The monoisotopic (exact) mass is 304 g/mol. The number of thiophene rings is 1. The van der Waals surface area contributed by atoms with Crippen molar-refractivity contribution >= 4 is 57.1 Å². The van der Waals surface area contributed by atoms with Crippen molar-refractivity contribution in [1.29, 1.82) is 0 Å². The minimum absolute atomic E-state index is 0.0254. The van der Waals surface area contributed by atoms with Crippen LogP contribution in [-0.4, -0.2) is 22.9 Å². The van der Waals surface area contributed by atoms with Gasteiger partial charge in [0.25, 0.3) is 0 Å². The molecular weight excluding hydrogens is 296 g/mol. The molecule has 7 heteroatoms. The molecule has 0 unspecified atom stereocenters. The van der Waals surface area contributed by atoms with Gasteiger partial charge >= 0.3 is 0 Å². The zero-order valence-electron chi connectivity index (χ0n) is 8.90. The smallest absolute Gasteiger partial charge is 0.236 e. The number of amides is 1. The molecular formula is C10H9ClN2OS3. The summed E-state index contributed by atoms with van der Waals surface area (Å²) in [6, 6.07) is 3.77. The van der Waals surface area contributed by atoms with Crippen molar-refractivity contribution in [3.05, 3.63) is 21.8 Å². The van der Waals surface area contributed by atoms with Gasteiger partial charge in [-0.3, -0.25) is 4.79 Å². The molecule has 0 saturated carbocycles. The highest BCUT2D eigenvalue weighted by atomic mass is 35.5. The maximum absolute atomic E-state index is 11.4. The van der Waals surface area contributed by atoms with E-state index < -0.39 is 0 Å². The quantitative estimate of drug-likeness (QED) is 0.933. The van der Waals surface area contributed by atoms with Crippen LogP contribution in [0, 0.1) is 0 Å². The fraction of sp³-hybridized carbons (Fsp3) is 0.200. The Hall–Kier alpha value is -0.560. The van der Waals surface area contributed by atoms with Crippen LogP contribution in [0.15, 0.2) is 17.5 Å². The van der Waals surface area contributed by atoms with E-state index in [0.29, 0.717) is 10.9 Å². The average Bonchev–Trinajstić information content (AvgIpc) is 2.87. The second-order valence-corrected chi connectivity index (χ2v) is 6.56. The average molecular weight is 305 g/mol. The first-order chi connectivity index (χ1) is 8.19. The highest BCUT2D eigenvalue weighted by Gasteiger charge is 2.09. The number of nitrogens with one attached hydrogen (secondary N) is 1. The Morgan fingerprint density at radius 3 is 3.06 bits per heavy atom. The van der Waals surface area contributed by atoms with Crippen molar-refractivity contribution in [3.8, 4) is 10.6 Å². The number of thioether (sulfide) groups is 1. The Balaban J connectivity index is 2.08. The normalized spacial score (nSPS) is 10.5. The molecule has 90 valence electrons. The largest absolute Gasteiger partial charge is 0.301 e. The van der Waals surface area contributed by atoms with Gasteiger partial charge in [0.05, 0.1) is 20.7 Å². The summed E-state index contributed by atoms with van der Waals surface area (Å²) >= 11 is 10.2. The third kappa shape index (κ3) is 3.45. The fourth-order valence-corrected chi connectivity index (χ4v) is 3.32. The van der Waals surface area contributed by atoms with Crippen LogP contribution < -0.4 is 5.32 Å². The van der Waals surface area contributed by atoms with Crippen molar-refractivity contribution in [2.45, 2.75) is 0 Å². The van der Waals surface area contributed by atoms with Gasteiger partial charge in [0, 0.05) is 5.38 Å². The molecule has 0 radical (unpaired) electrons. The van der Waals surface area contributed by atoms with Gasteiger partial charge in [-0.1, -0.05) is 11.6 Å². The number of nitrogens with zero attached hydrogens (tertiary/aromatic N) is 1. The van der Waals surface area contributed by atoms with Crippen LogP contribution >= 0.6 is 46.0 Å². The van der Waals surface area contributed by atoms with Crippen LogP contribution in [0.5, 0.6) is 0 Å². The van der Waals surface area contributed by atoms with Crippen LogP contribution in [0.1, 0.15) is 0 Å². The van der Waals surface area contributed by atoms with Crippen molar-refractivity contribution in [2.24, 2.45) is 0 Å². The highest BCUT2D eigenvalue weighted by molar-refractivity contribution is 7.99. The lowest BCUT2D eigenvalue weighted by atomic mass is 10.4. The van der Waals surface area contributed by atoms with Gasteiger partial charge in [0.2, 0.25) is 5.91 Å². The number of carbonyl (C=O) groups is 1. The van der Waals surface area contributed by atoms with Crippen molar-refractivity contribution < 1.29 is 4.79 Å². The molecule has 0 aliphatic carbocycles. The van der Waals surface area contributed by atoms with E-state index in [-0.39, 0.29) is 5.91 Å². The maximum Gasteiger partial charge on any atom is 0.236 e. The number of anilines is 1. The first-order valence-electron chi connectivity index (χ1n) is 4.69.